The van der Waals surface area contributed by atoms with Crippen molar-refractivity contribution in [3.05, 3.63) is 12.2 Å². The highest BCUT2D eigenvalue weighted by Crippen LogP contribution is 2.07. The Bertz CT molecular complexity index is 130. The van der Waals surface area contributed by atoms with Crippen molar-refractivity contribution < 1.29 is 0 Å². The van der Waals surface area contributed by atoms with E-state index in [1.54, 1.807) is 6.08 Å². The Morgan fingerprint density at radius 3 is 2.80 bits per heavy atom. The standard InChI is InChI=1S/C9H15N/c1-3-4-6-9(2)7-5-8-10/h5,7,9H,3-4,6H2,1-2H3/b7-5+. The summed E-state index contributed by atoms with van der Waals surface area (Å²) in [6.45, 7) is 4.32. The molecule has 56 valence electrons. The van der Waals surface area contributed by atoms with Crippen molar-refractivity contribution in [3.8, 4) is 6.07 Å². The minimum absolute atomic E-state index is 0.569. The first-order valence-corrected chi connectivity index (χ1v) is 3.87. The largest absolute Gasteiger partial charge is 0.193 e. The quantitative estimate of drug-likeness (QED) is 0.546. The van der Waals surface area contributed by atoms with E-state index in [0.717, 1.165) is 0 Å². The predicted molar refractivity (Wildman–Crippen MR) is 43.4 cm³/mol. The number of hydrogen-bond acceptors (Lipinski definition) is 1. The van der Waals surface area contributed by atoms with Crippen molar-refractivity contribution in [2.75, 3.05) is 0 Å². The van der Waals surface area contributed by atoms with Crippen LogP contribution < -0.4 is 0 Å². The van der Waals surface area contributed by atoms with E-state index < -0.39 is 0 Å². The first-order chi connectivity index (χ1) is 4.81. The number of nitrogens with zero attached hydrogens (tertiary/aromatic N) is 1. The van der Waals surface area contributed by atoms with E-state index in [4.69, 9.17) is 5.26 Å². The second kappa shape index (κ2) is 6.35. The van der Waals surface area contributed by atoms with Crippen molar-refractivity contribution in [1.29, 1.82) is 5.26 Å². The lowest BCUT2D eigenvalue weighted by atomic mass is 10.0. The maximum absolute atomic E-state index is 8.20. The number of hydrogen-bond donors (Lipinski definition) is 0. The second-order valence-electron chi connectivity index (χ2n) is 2.61. The molecular weight excluding hydrogens is 122 g/mol. The van der Waals surface area contributed by atoms with Gasteiger partial charge in [0.2, 0.25) is 0 Å². The summed E-state index contributed by atoms with van der Waals surface area (Å²) < 4.78 is 0. The molecule has 0 saturated heterocycles. The van der Waals surface area contributed by atoms with E-state index >= 15 is 0 Å². The molecule has 0 aromatic heterocycles. The Kier molecular flexibility index (Phi) is 5.86. The van der Waals surface area contributed by atoms with Gasteiger partial charge in [-0.3, -0.25) is 0 Å². The van der Waals surface area contributed by atoms with Gasteiger partial charge < -0.3 is 0 Å². The van der Waals surface area contributed by atoms with Crippen LogP contribution in [0.15, 0.2) is 12.2 Å². The zero-order chi connectivity index (χ0) is 7.82. The number of nitriles is 1. The third-order valence-electron chi connectivity index (χ3n) is 1.51. The average molecular weight is 137 g/mol. The summed E-state index contributed by atoms with van der Waals surface area (Å²) in [6, 6.07) is 1.99. The molecule has 0 radical (unpaired) electrons. The van der Waals surface area contributed by atoms with E-state index in [1.807, 2.05) is 12.1 Å². The number of allylic oxidation sites excluding steroid dienone is 2. The van der Waals surface area contributed by atoms with Crippen molar-refractivity contribution in [3.63, 3.8) is 0 Å². The summed E-state index contributed by atoms with van der Waals surface area (Å²) in [5.41, 5.74) is 0. The van der Waals surface area contributed by atoms with E-state index in [-0.39, 0.29) is 0 Å². The first-order valence-electron chi connectivity index (χ1n) is 3.87. The summed E-state index contributed by atoms with van der Waals surface area (Å²) in [7, 11) is 0. The molecule has 0 aliphatic carbocycles. The van der Waals surface area contributed by atoms with Crippen LogP contribution in [0.2, 0.25) is 0 Å². The molecule has 0 spiro atoms. The maximum atomic E-state index is 8.20. The second-order valence-corrected chi connectivity index (χ2v) is 2.61. The summed E-state index contributed by atoms with van der Waals surface area (Å²) in [4.78, 5) is 0. The Labute approximate surface area is 63.4 Å². The molecule has 1 unspecified atom stereocenters. The zero-order valence-electron chi connectivity index (χ0n) is 6.80. The minimum Gasteiger partial charge on any atom is -0.193 e. The van der Waals surface area contributed by atoms with Gasteiger partial charge in [0, 0.05) is 6.08 Å². The molecule has 0 amide bonds. The third kappa shape index (κ3) is 5.37. The van der Waals surface area contributed by atoms with Crippen molar-refractivity contribution in [2.45, 2.75) is 33.1 Å². The number of rotatable bonds is 4. The van der Waals surface area contributed by atoms with Crippen LogP contribution in [0.25, 0.3) is 0 Å². The molecule has 0 N–H and O–H groups in total. The van der Waals surface area contributed by atoms with Gasteiger partial charge in [0.1, 0.15) is 0 Å². The molecule has 0 fully saturated rings. The van der Waals surface area contributed by atoms with Gasteiger partial charge in [0.25, 0.3) is 0 Å². The van der Waals surface area contributed by atoms with Crippen LogP contribution >= 0.6 is 0 Å². The summed E-state index contributed by atoms with van der Waals surface area (Å²) in [5.74, 6) is 0.569. The van der Waals surface area contributed by atoms with Gasteiger partial charge in [0.05, 0.1) is 6.07 Å². The molecule has 0 heterocycles. The fourth-order valence-electron chi connectivity index (χ4n) is 0.830. The van der Waals surface area contributed by atoms with Gasteiger partial charge in [-0.15, -0.1) is 0 Å². The topological polar surface area (TPSA) is 23.8 Å². The maximum Gasteiger partial charge on any atom is 0.0908 e. The Hall–Kier alpha value is -0.770. The van der Waals surface area contributed by atoms with Crippen LogP contribution in [0.3, 0.4) is 0 Å². The van der Waals surface area contributed by atoms with Crippen LogP contribution in [0.5, 0.6) is 0 Å². The number of unbranched alkanes of at least 4 members (excludes halogenated alkanes) is 1. The van der Waals surface area contributed by atoms with E-state index in [0.29, 0.717) is 5.92 Å². The summed E-state index contributed by atoms with van der Waals surface area (Å²) in [6.07, 6.45) is 7.24. The molecule has 0 saturated carbocycles. The highest BCUT2D eigenvalue weighted by Gasteiger charge is 1.93. The summed E-state index contributed by atoms with van der Waals surface area (Å²) >= 11 is 0. The molecular formula is C9H15N. The van der Waals surface area contributed by atoms with Crippen LogP contribution in [0.4, 0.5) is 0 Å². The van der Waals surface area contributed by atoms with Crippen molar-refractivity contribution >= 4 is 0 Å². The SMILES string of the molecule is CCCCC(C)/C=C/C#N. The lowest BCUT2D eigenvalue weighted by Crippen LogP contribution is -1.87. The Balaban J connectivity index is 3.35. The summed E-state index contributed by atoms with van der Waals surface area (Å²) in [5, 5.41) is 8.20. The normalized spacial score (nSPS) is 13.3. The van der Waals surface area contributed by atoms with Gasteiger partial charge in [0.15, 0.2) is 0 Å². The lowest BCUT2D eigenvalue weighted by molar-refractivity contribution is 0.598. The molecule has 1 atom stereocenters. The highest BCUT2D eigenvalue weighted by atomic mass is 14.2. The van der Waals surface area contributed by atoms with E-state index in [9.17, 15) is 0 Å². The Morgan fingerprint density at radius 2 is 2.30 bits per heavy atom. The van der Waals surface area contributed by atoms with Crippen LogP contribution in [-0.4, -0.2) is 0 Å². The van der Waals surface area contributed by atoms with Crippen molar-refractivity contribution in [2.24, 2.45) is 5.92 Å². The average Bonchev–Trinajstić information content (AvgIpc) is 1.97. The monoisotopic (exact) mass is 137 g/mol. The zero-order valence-corrected chi connectivity index (χ0v) is 6.80. The van der Waals surface area contributed by atoms with Crippen LogP contribution in [-0.2, 0) is 0 Å². The van der Waals surface area contributed by atoms with Gasteiger partial charge in [-0.2, -0.15) is 5.26 Å². The van der Waals surface area contributed by atoms with Crippen LogP contribution in [0, 0.1) is 17.2 Å². The highest BCUT2D eigenvalue weighted by molar-refractivity contribution is 5.03. The third-order valence-corrected chi connectivity index (χ3v) is 1.51. The molecule has 0 aromatic carbocycles. The van der Waals surface area contributed by atoms with Crippen LogP contribution in [0.1, 0.15) is 33.1 Å². The fraction of sp³-hybridized carbons (Fsp3) is 0.667. The first kappa shape index (κ1) is 9.23. The van der Waals surface area contributed by atoms with Gasteiger partial charge in [-0.05, 0) is 12.3 Å². The molecule has 1 heteroatoms. The molecule has 0 bridgehead atoms. The van der Waals surface area contributed by atoms with E-state index in [2.05, 4.69) is 13.8 Å². The molecule has 0 aliphatic rings. The minimum atomic E-state index is 0.569. The predicted octanol–water partition coefficient (Wildman–Crippen LogP) is 2.89. The molecule has 1 nitrogen and oxygen atoms in total. The van der Waals surface area contributed by atoms with E-state index in [1.165, 1.54) is 19.3 Å². The molecule has 0 rings (SSSR count). The van der Waals surface area contributed by atoms with Gasteiger partial charge in [-0.1, -0.05) is 32.8 Å². The fourth-order valence-corrected chi connectivity index (χ4v) is 0.830. The smallest absolute Gasteiger partial charge is 0.0908 e. The molecule has 0 aromatic rings. The lowest BCUT2D eigenvalue weighted by Gasteiger charge is -2.01. The van der Waals surface area contributed by atoms with Gasteiger partial charge in [-0.25, -0.2) is 0 Å². The van der Waals surface area contributed by atoms with Gasteiger partial charge >= 0.3 is 0 Å². The molecule has 10 heavy (non-hydrogen) atoms. The Morgan fingerprint density at radius 1 is 1.60 bits per heavy atom. The molecule has 0 aliphatic heterocycles. The van der Waals surface area contributed by atoms with Crippen molar-refractivity contribution in [1.82, 2.24) is 0 Å².